The van der Waals surface area contributed by atoms with Crippen LogP contribution in [0.15, 0.2) is 29.8 Å². The fraction of sp³-hybridized carbons (Fsp3) is 0.417. The van der Waals surface area contributed by atoms with Crippen molar-refractivity contribution in [2.24, 2.45) is 0 Å². The van der Waals surface area contributed by atoms with Gasteiger partial charge in [-0.25, -0.2) is 22.9 Å². The number of fused-ring (bicyclic) bond motifs is 1. The highest BCUT2D eigenvalue weighted by atomic mass is 19.1. The van der Waals surface area contributed by atoms with E-state index in [9.17, 15) is 13.6 Å². The lowest BCUT2D eigenvalue weighted by Crippen LogP contribution is -2.43. The third-order valence-electron chi connectivity index (χ3n) is 6.13. The molecule has 4 heterocycles. The Labute approximate surface area is 194 Å². The number of anilines is 3. The average Bonchev–Trinajstić information content (AvgIpc) is 3.21. The van der Waals surface area contributed by atoms with Crippen molar-refractivity contribution in [3.63, 3.8) is 0 Å². The molecule has 0 unspecified atom stereocenters. The Bertz CT molecular complexity index is 1150. The van der Waals surface area contributed by atoms with E-state index in [-0.39, 0.29) is 36.0 Å². The second-order valence-corrected chi connectivity index (χ2v) is 8.41. The molecule has 2 saturated heterocycles. The molecule has 5 rings (SSSR count). The molecular weight excluding hydrogens is 451 g/mol. The molecule has 1 aromatic carbocycles. The lowest BCUT2D eigenvalue weighted by molar-refractivity contribution is -0.252. The molecule has 2 aromatic rings. The molecule has 0 saturated carbocycles. The summed E-state index contributed by atoms with van der Waals surface area (Å²) in [6.07, 6.45) is 2.86. The molecule has 0 amide bonds. The number of esters is 1. The lowest BCUT2D eigenvalue weighted by Gasteiger charge is -2.34. The topological polar surface area (TPSA) is 64.1 Å². The summed E-state index contributed by atoms with van der Waals surface area (Å²) in [7, 11) is 0. The number of nitrogens with zero attached hydrogens (tertiary/aromatic N) is 3. The first kappa shape index (κ1) is 22.7. The molecule has 34 heavy (non-hydrogen) atoms. The van der Waals surface area contributed by atoms with Crippen LogP contribution in [0.1, 0.15) is 25.3 Å². The maximum absolute atomic E-state index is 15.2. The fourth-order valence-electron chi connectivity index (χ4n) is 4.54. The summed E-state index contributed by atoms with van der Waals surface area (Å²) in [6.45, 7) is 3.69. The number of benzene rings is 1. The molecule has 0 radical (unpaired) electrons. The Morgan fingerprint density at radius 3 is 2.68 bits per heavy atom. The van der Waals surface area contributed by atoms with Gasteiger partial charge in [0.2, 0.25) is 0 Å². The van der Waals surface area contributed by atoms with Crippen LogP contribution in [0.5, 0.6) is 0 Å². The van der Waals surface area contributed by atoms with Gasteiger partial charge in [0.15, 0.2) is 17.4 Å². The molecule has 180 valence electrons. The number of ether oxygens (including phenoxy) is 3. The molecule has 10 heteroatoms. The summed E-state index contributed by atoms with van der Waals surface area (Å²) in [5.41, 5.74) is 0.508. The second kappa shape index (κ2) is 8.92. The number of aromatic nitrogens is 1. The Morgan fingerprint density at radius 1 is 1.15 bits per heavy atom. The largest absolute Gasteiger partial charge is 0.463 e. The van der Waals surface area contributed by atoms with Crippen molar-refractivity contribution >= 4 is 29.4 Å². The zero-order chi connectivity index (χ0) is 23.9. The van der Waals surface area contributed by atoms with Crippen LogP contribution in [-0.2, 0) is 19.0 Å². The van der Waals surface area contributed by atoms with Crippen LogP contribution in [-0.4, -0.2) is 56.2 Å². The summed E-state index contributed by atoms with van der Waals surface area (Å²) in [5.74, 6) is -3.21. The highest BCUT2D eigenvalue weighted by Crippen LogP contribution is 2.39. The van der Waals surface area contributed by atoms with Crippen LogP contribution < -0.4 is 9.80 Å². The van der Waals surface area contributed by atoms with Gasteiger partial charge in [0.1, 0.15) is 17.5 Å². The first-order valence-electron chi connectivity index (χ1n) is 11.2. The van der Waals surface area contributed by atoms with Gasteiger partial charge in [-0.2, -0.15) is 0 Å². The van der Waals surface area contributed by atoms with Crippen molar-refractivity contribution in [1.29, 1.82) is 0 Å². The number of rotatable bonds is 4. The Kier molecular flexibility index (Phi) is 5.95. The average molecular weight is 475 g/mol. The fourth-order valence-corrected chi connectivity index (χ4v) is 4.54. The molecule has 0 atom stereocenters. The van der Waals surface area contributed by atoms with Gasteiger partial charge in [-0.05, 0) is 37.6 Å². The predicted octanol–water partition coefficient (Wildman–Crippen LogP) is 3.94. The van der Waals surface area contributed by atoms with Gasteiger partial charge in [0, 0.05) is 24.6 Å². The normalized spacial score (nSPS) is 19.2. The number of halogens is 3. The van der Waals surface area contributed by atoms with Gasteiger partial charge in [0.05, 0.1) is 44.2 Å². The lowest BCUT2D eigenvalue weighted by atomic mass is 10.0. The van der Waals surface area contributed by atoms with Crippen LogP contribution >= 0.6 is 0 Å². The van der Waals surface area contributed by atoms with E-state index >= 15 is 4.39 Å². The molecule has 1 aromatic heterocycles. The summed E-state index contributed by atoms with van der Waals surface area (Å²) >= 11 is 0. The van der Waals surface area contributed by atoms with Crippen molar-refractivity contribution in [2.45, 2.75) is 25.6 Å². The number of pyridine rings is 1. The third kappa shape index (κ3) is 4.12. The van der Waals surface area contributed by atoms with Crippen LogP contribution in [0, 0.1) is 17.5 Å². The van der Waals surface area contributed by atoms with Gasteiger partial charge in [-0.3, -0.25) is 0 Å². The van der Waals surface area contributed by atoms with Crippen LogP contribution in [0.3, 0.4) is 0 Å². The van der Waals surface area contributed by atoms with E-state index in [4.69, 9.17) is 14.2 Å². The molecule has 0 N–H and O–H groups in total. The Hall–Kier alpha value is -3.11. The minimum atomic E-state index is -0.826. The highest BCUT2D eigenvalue weighted by molar-refractivity contribution is 5.98. The Morgan fingerprint density at radius 2 is 1.94 bits per heavy atom. The van der Waals surface area contributed by atoms with Gasteiger partial charge < -0.3 is 24.0 Å². The third-order valence-corrected chi connectivity index (χ3v) is 6.13. The smallest absolute Gasteiger partial charge is 0.335 e. The SMILES string of the molecule is CCOC(=O)C1=Cc2cc(F)c(N3CCC4(C3)OCCCO4)nc2N(c2ccc(F)cc2F)C1. The first-order chi connectivity index (χ1) is 16.4. The molecule has 3 aliphatic rings. The van der Waals surface area contributed by atoms with Crippen LogP contribution in [0.2, 0.25) is 0 Å². The number of carbonyl (C=O) groups excluding carboxylic acids is 1. The quantitative estimate of drug-likeness (QED) is 0.621. The number of hydrogen-bond acceptors (Lipinski definition) is 7. The van der Waals surface area contributed by atoms with Gasteiger partial charge >= 0.3 is 5.97 Å². The number of carbonyl (C=O) groups is 1. The predicted molar refractivity (Wildman–Crippen MR) is 118 cm³/mol. The highest BCUT2D eigenvalue weighted by Gasteiger charge is 2.43. The van der Waals surface area contributed by atoms with Gasteiger partial charge in [0.25, 0.3) is 0 Å². The monoisotopic (exact) mass is 475 g/mol. The Balaban J connectivity index is 1.56. The van der Waals surface area contributed by atoms with Crippen LogP contribution in [0.4, 0.5) is 30.5 Å². The molecular formula is C24H24F3N3O4. The van der Waals surface area contributed by atoms with Crippen molar-refractivity contribution in [1.82, 2.24) is 4.98 Å². The van der Waals surface area contributed by atoms with Crippen molar-refractivity contribution in [3.8, 4) is 0 Å². The van der Waals surface area contributed by atoms with Crippen LogP contribution in [0.25, 0.3) is 6.08 Å². The maximum atomic E-state index is 15.2. The van der Waals surface area contributed by atoms with E-state index in [2.05, 4.69) is 4.98 Å². The zero-order valence-electron chi connectivity index (χ0n) is 18.7. The molecule has 0 aliphatic carbocycles. The van der Waals surface area contributed by atoms with Crippen molar-refractivity contribution in [2.75, 3.05) is 49.3 Å². The minimum absolute atomic E-state index is 0.0134. The molecule has 3 aliphatic heterocycles. The molecule has 0 bridgehead atoms. The zero-order valence-corrected chi connectivity index (χ0v) is 18.7. The van der Waals surface area contributed by atoms with Crippen molar-refractivity contribution < 1.29 is 32.2 Å². The number of hydrogen-bond donors (Lipinski definition) is 0. The van der Waals surface area contributed by atoms with E-state index in [1.807, 2.05) is 0 Å². The van der Waals surface area contributed by atoms with Gasteiger partial charge in [-0.1, -0.05) is 0 Å². The summed E-state index contributed by atoms with van der Waals surface area (Å²) in [5, 5.41) is 0. The van der Waals surface area contributed by atoms with E-state index in [1.54, 1.807) is 11.8 Å². The molecule has 7 nitrogen and oxygen atoms in total. The van der Waals surface area contributed by atoms with E-state index in [1.165, 1.54) is 23.1 Å². The van der Waals surface area contributed by atoms with Crippen molar-refractivity contribution in [3.05, 3.63) is 52.9 Å². The maximum Gasteiger partial charge on any atom is 0.335 e. The van der Waals surface area contributed by atoms with E-state index < -0.39 is 29.2 Å². The second-order valence-electron chi connectivity index (χ2n) is 8.41. The standard InChI is InChI=1S/C24H24F3N3O4/c1-2-32-23(31)16-10-15-11-19(27)22(29-7-6-24(14-29)33-8-3-9-34-24)28-21(15)30(13-16)20-5-4-17(25)12-18(20)26/h4-5,10-12H,2-3,6-9,13-14H2,1H3. The summed E-state index contributed by atoms with van der Waals surface area (Å²) in [4.78, 5) is 20.1. The molecule has 1 spiro atoms. The minimum Gasteiger partial charge on any atom is -0.463 e. The summed E-state index contributed by atoms with van der Waals surface area (Å²) < 4.78 is 60.4. The first-order valence-corrected chi connectivity index (χ1v) is 11.2. The summed E-state index contributed by atoms with van der Waals surface area (Å²) in [6, 6.07) is 4.40. The molecule has 2 fully saturated rings. The van der Waals surface area contributed by atoms with Gasteiger partial charge in [-0.15, -0.1) is 0 Å². The van der Waals surface area contributed by atoms with E-state index in [0.717, 1.165) is 18.6 Å². The van der Waals surface area contributed by atoms with E-state index in [0.29, 0.717) is 38.3 Å².